The summed E-state index contributed by atoms with van der Waals surface area (Å²) in [5.41, 5.74) is 0. The summed E-state index contributed by atoms with van der Waals surface area (Å²) in [6, 6.07) is 0. The average Bonchev–Trinajstić information content (AvgIpc) is 2.25. The molecule has 0 spiro atoms. The molecule has 0 saturated heterocycles. The Morgan fingerprint density at radius 1 is 0.941 bits per heavy atom. The van der Waals surface area contributed by atoms with Crippen molar-refractivity contribution in [3.05, 3.63) is 12.2 Å². The molecule has 96 valence electrons. The van der Waals surface area contributed by atoms with Gasteiger partial charge in [-0.3, -0.25) is 4.79 Å². The van der Waals surface area contributed by atoms with E-state index >= 15 is 0 Å². The number of aliphatic carboxylic acids is 1. The van der Waals surface area contributed by atoms with Crippen LogP contribution >= 0.6 is 0 Å². The molecule has 0 fully saturated rings. The summed E-state index contributed by atoms with van der Waals surface area (Å²) < 4.78 is 0. The van der Waals surface area contributed by atoms with Gasteiger partial charge in [-0.1, -0.05) is 51.2 Å². The van der Waals surface area contributed by atoms with E-state index in [1.165, 1.54) is 44.9 Å². The van der Waals surface area contributed by atoms with Gasteiger partial charge in [-0.05, 0) is 25.7 Å². The molecule has 0 rings (SSSR count). The molecule has 0 unspecified atom stereocenters. The summed E-state index contributed by atoms with van der Waals surface area (Å²) in [4.78, 5) is 10.3. The van der Waals surface area contributed by atoms with E-state index in [2.05, 4.69) is 19.1 Å². The molecule has 0 saturated carbocycles. The van der Waals surface area contributed by atoms with Crippen molar-refractivity contribution in [3.8, 4) is 0 Å². The van der Waals surface area contributed by atoms with Gasteiger partial charge in [0.1, 0.15) is 0 Å². The van der Waals surface area contributed by atoms with E-state index in [1.54, 1.807) is 0 Å². The van der Waals surface area contributed by atoms with E-state index in [9.17, 15) is 4.79 Å². The Hall–Kier alpha value is 0.846. The molecule has 0 radical (unpaired) electrons. The fourth-order valence-electron chi connectivity index (χ4n) is 1.63. The zero-order valence-corrected chi connectivity index (χ0v) is 10.6. The summed E-state index contributed by atoms with van der Waals surface area (Å²) in [7, 11) is 0. The summed E-state index contributed by atoms with van der Waals surface area (Å²) in [6.07, 6.45) is 15.4. The molecule has 0 bridgehead atoms. The molecule has 17 heavy (non-hydrogen) atoms. The van der Waals surface area contributed by atoms with Crippen molar-refractivity contribution in [1.29, 1.82) is 0 Å². The van der Waals surface area contributed by atoms with Crippen LogP contribution in [0.25, 0.3) is 0 Å². The van der Waals surface area contributed by atoms with Crippen molar-refractivity contribution >= 4 is 57.4 Å². The average molecular weight is 266 g/mol. The van der Waals surface area contributed by atoms with Crippen LogP contribution in [0.15, 0.2) is 12.2 Å². The summed E-state index contributed by atoms with van der Waals surface area (Å²) in [6.45, 7) is 2.21. The van der Waals surface area contributed by atoms with Crippen molar-refractivity contribution in [2.24, 2.45) is 0 Å². The summed E-state index contributed by atoms with van der Waals surface area (Å²) in [5.74, 6) is -0.668. The molecule has 0 aliphatic rings. The van der Waals surface area contributed by atoms with E-state index in [0.717, 1.165) is 12.8 Å². The van der Waals surface area contributed by atoms with E-state index in [4.69, 9.17) is 5.11 Å². The van der Waals surface area contributed by atoms with Crippen molar-refractivity contribution < 1.29 is 9.90 Å². The minimum absolute atomic E-state index is 0. The van der Waals surface area contributed by atoms with Gasteiger partial charge in [-0.2, -0.15) is 0 Å². The third kappa shape index (κ3) is 19.4. The van der Waals surface area contributed by atoms with E-state index < -0.39 is 5.97 Å². The molecular weight excluding hydrogens is 239 g/mol. The Labute approximate surface area is 149 Å². The maximum absolute atomic E-state index is 10.3. The molecule has 0 aliphatic heterocycles. The first kappa shape index (κ1) is 20.2. The minimum atomic E-state index is -0.668. The predicted octanol–water partition coefficient (Wildman–Crippen LogP) is 3.90. The Kier molecular flexibility index (Phi) is 20.0. The second-order valence-corrected chi connectivity index (χ2v) is 4.31. The van der Waals surface area contributed by atoms with Gasteiger partial charge in [0.15, 0.2) is 0 Å². The van der Waals surface area contributed by atoms with Gasteiger partial charge >= 0.3 is 57.4 Å². The molecule has 3 heteroatoms. The summed E-state index contributed by atoms with van der Waals surface area (Å²) >= 11 is 0. The number of unbranched alkanes of at least 4 members (excludes halogenated alkanes) is 7. The topological polar surface area (TPSA) is 37.3 Å². The second kappa shape index (κ2) is 16.8. The normalized spacial score (nSPS) is 10.4. The van der Waals surface area contributed by atoms with Crippen molar-refractivity contribution in [3.63, 3.8) is 0 Å². The quantitative estimate of drug-likeness (QED) is 0.350. The van der Waals surface area contributed by atoms with Crippen LogP contribution in [0, 0.1) is 0 Å². The number of hydrogen-bond donors (Lipinski definition) is 1. The molecule has 0 aromatic carbocycles. The van der Waals surface area contributed by atoms with Gasteiger partial charge in [-0.25, -0.2) is 0 Å². The third-order valence-corrected chi connectivity index (χ3v) is 2.65. The molecule has 0 heterocycles. The van der Waals surface area contributed by atoms with Gasteiger partial charge in [-0.15, -0.1) is 0 Å². The zero-order valence-electron chi connectivity index (χ0n) is 10.6. The first-order valence-electron chi connectivity index (χ1n) is 6.64. The molecule has 0 aromatic heterocycles. The summed E-state index contributed by atoms with van der Waals surface area (Å²) in [5, 5.41) is 8.45. The molecule has 0 aromatic rings. The zero-order chi connectivity index (χ0) is 12.1. The van der Waals surface area contributed by atoms with Gasteiger partial charge in [0.25, 0.3) is 0 Å². The molecule has 0 atom stereocenters. The van der Waals surface area contributed by atoms with Crippen LogP contribution < -0.4 is 0 Å². The number of carbonyl (C=O) groups is 1. The monoisotopic (exact) mass is 266 g/mol. The Morgan fingerprint density at radius 3 is 2.06 bits per heavy atom. The van der Waals surface area contributed by atoms with Crippen LogP contribution in [0.3, 0.4) is 0 Å². The number of carboxylic acid groups (broad SMARTS) is 1. The first-order chi connectivity index (χ1) is 7.77. The van der Waals surface area contributed by atoms with E-state index in [1.807, 2.05) is 0 Å². The van der Waals surface area contributed by atoms with Crippen LogP contribution in [-0.4, -0.2) is 62.5 Å². The van der Waals surface area contributed by atoms with Crippen LogP contribution in [0.1, 0.15) is 71.1 Å². The van der Waals surface area contributed by atoms with Crippen LogP contribution in [0.2, 0.25) is 0 Å². The second-order valence-electron chi connectivity index (χ2n) is 4.31. The predicted molar refractivity (Wildman–Crippen MR) is 75.8 cm³/mol. The Balaban J connectivity index is 0. The number of allylic oxidation sites excluding steroid dienone is 2. The number of rotatable bonds is 11. The van der Waals surface area contributed by atoms with Crippen LogP contribution in [-0.2, 0) is 4.79 Å². The van der Waals surface area contributed by atoms with Crippen molar-refractivity contribution in [2.75, 3.05) is 0 Å². The van der Waals surface area contributed by atoms with Gasteiger partial charge in [0.05, 0.1) is 0 Å². The van der Waals surface area contributed by atoms with Crippen molar-refractivity contribution in [2.45, 2.75) is 71.1 Å². The van der Waals surface area contributed by atoms with Gasteiger partial charge < -0.3 is 5.11 Å². The number of carboxylic acids is 1. The SMILES string of the molecule is CCCCC=CCCCCCCCC(=O)O.[KH]. The molecule has 1 N–H and O–H groups in total. The van der Waals surface area contributed by atoms with Crippen LogP contribution in [0.4, 0.5) is 0 Å². The Morgan fingerprint density at radius 2 is 1.47 bits per heavy atom. The Bertz CT molecular complexity index is 191. The van der Waals surface area contributed by atoms with E-state index in [0.29, 0.717) is 6.42 Å². The number of hydrogen-bond acceptors (Lipinski definition) is 1. The first-order valence-corrected chi connectivity index (χ1v) is 6.64. The fourth-order valence-corrected chi connectivity index (χ4v) is 1.63. The van der Waals surface area contributed by atoms with Crippen molar-refractivity contribution in [1.82, 2.24) is 0 Å². The molecule has 0 amide bonds. The van der Waals surface area contributed by atoms with Crippen LogP contribution in [0.5, 0.6) is 0 Å². The fraction of sp³-hybridized carbons (Fsp3) is 0.786. The van der Waals surface area contributed by atoms with Gasteiger partial charge in [0.2, 0.25) is 0 Å². The standard InChI is InChI=1S/C14H26O2.K.H/c1-2-3-4-5-6-7-8-9-10-11-12-13-14(15)16;;/h5-6H,2-4,7-13H2,1H3,(H,15,16);;. The molecule has 2 nitrogen and oxygen atoms in total. The molecular formula is C14H27KO2. The third-order valence-electron chi connectivity index (χ3n) is 2.65. The maximum atomic E-state index is 10.3. The molecule has 0 aliphatic carbocycles. The van der Waals surface area contributed by atoms with Gasteiger partial charge in [0, 0.05) is 6.42 Å². The van der Waals surface area contributed by atoms with E-state index in [-0.39, 0.29) is 51.4 Å².